The molecule has 0 saturated heterocycles. The highest BCUT2D eigenvalue weighted by Gasteiger charge is 2.26. The third kappa shape index (κ3) is 4.59. The van der Waals surface area contributed by atoms with Crippen molar-refractivity contribution in [1.82, 2.24) is 5.32 Å². The van der Waals surface area contributed by atoms with Crippen molar-refractivity contribution in [2.45, 2.75) is 37.5 Å². The van der Waals surface area contributed by atoms with Gasteiger partial charge in [0.25, 0.3) is 0 Å². The summed E-state index contributed by atoms with van der Waals surface area (Å²) in [4.78, 5) is 11.2. The second kappa shape index (κ2) is 8.14. The van der Waals surface area contributed by atoms with E-state index in [1.54, 1.807) is 0 Å². The van der Waals surface area contributed by atoms with Gasteiger partial charge in [0.05, 0.1) is 0 Å². The van der Waals surface area contributed by atoms with E-state index in [9.17, 15) is 9.90 Å². The Morgan fingerprint density at radius 3 is 2.68 bits per heavy atom. The van der Waals surface area contributed by atoms with Crippen molar-refractivity contribution >= 4 is 6.09 Å². The summed E-state index contributed by atoms with van der Waals surface area (Å²) in [7, 11) is 0. The second-order valence-electron chi connectivity index (χ2n) is 6.43. The minimum atomic E-state index is -0.869. The summed E-state index contributed by atoms with van der Waals surface area (Å²) in [5.41, 5.74) is 8.79. The molecule has 132 valence electrons. The Balaban J connectivity index is 1.60. The van der Waals surface area contributed by atoms with Crippen LogP contribution in [-0.2, 0) is 17.6 Å². The van der Waals surface area contributed by atoms with Gasteiger partial charge in [-0.3, -0.25) is 0 Å². The first-order valence-corrected chi connectivity index (χ1v) is 8.62. The number of benzene rings is 2. The zero-order chi connectivity index (χ0) is 17.6. The first kappa shape index (κ1) is 17.5. The number of hydrogen-bond donors (Lipinski definition) is 3. The fourth-order valence-electron chi connectivity index (χ4n) is 3.42. The molecule has 0 unspecified atom stereocenters. The molecule has 1 aliphatic carbocycles. The molecular formula is C20H24N2O3. The molecule has 0 radical (unpaired) electrons. The van der Waals surface area contributed by atoms with Crippen LogP contribution < -0.4 is 11.1 Å². The van der Waals surface area contributed by atoms with Crippen molar-refractivity contribution < 1.29 is 14.6 Å². The van der Waals surface area contributed by atoms with Crippen LogP contribution in [0.5, 0.6) is 0 Å². The normalized spacial score (nSPS) is 18.4. The maximum atomic E-state index is 11.2. The number of fused-ring (bicyclic) bond motifs is 1. The Kier molecular flexibility index (Phi) is 5.68. The molecule has 5 heteroatoms. The van der Waals surface area contributed by atoms with Crippen molar-refractivity contribution in [3.63, 3.8) is 0 Å². The smallest absolute Gasteiger partial charge is 0.404 e. The molecule has 0 fully saturated rings. The number of rotatable bonds is 7. The monoisotopic (exact) mass is 340 g/mol. The van der Waals surface area contributed by atoms with Crippen LogP contribution in [0.3, 0.4) is 0 Å². The summed E-state index contributed by atoms with van der Waals surface area (Å²) >= 11 is 0. The lowest BCUT2D eigenvalue weighted by Gasteiger charge is -2.24. The van der Waals surface area contributed by atoms with E-state index in [0.717, 1.165) is 18.4 Å². The van der Waals surface area contributed by atoms with Gasteiger partial charge in [0.2, 0.25) is 0 Å². The van der Waals surface area contributed by atoms with Gasteiger partial charge in [-0.25, -0.2) is 4.79 Å². The molecular weight excluding hydrogens is 316 g/mol. The summed E-state index contributed by atoms with van der Waals surface area (Å²) in [6.45, 7) is 0.337. The van der Waals surface area contributed by atoms with Crippen LogP contribution in [0.1, 0.15) is 29.2 Å². The van der Waals surface area contributed by atoms with Gasteiger partial charge in [0.15, 0.2) is 0 Å². The third-order valence-corrected chi connectivity index (χ3v) is 4.68. The largest absolute Gasteiger partial charge is 0.443 e. The molecule has 2 aromatic carbocycles. The van der Waals surface area contributed by atoms with Crippen molar-refractivity contribution in [3.8, 4) is 0 Å². The number of aliphatic hydroxyl groups excluding tert-OH is 1. The predicted octanol–water partition coefficient (Wildman–Crippen LogP) is 2.33. The molecule has 1 aliphatic rings. The van der Waals surface area contributed by atoms with Crippen LogP contribution in [0.4, 0.5) is 4.79 Å². The van der Waals surface area contributed by atoms with Crippen molar-refractivity contribution in [3.05, 3.63) is 71.3 Å². The predicted molar refractivity (Wildman–Crippen MR) is 96.1 cm³/mol. The highest BCUT2D eigenvalue weighted by Crippen LogP contribution is 2.30. The Labute approximate surface area is 147 Å². The Hall–Kier alpha value is -2.37. The topological polar surface area (TPSA) is 84.6 Å². The third-order valence-electron chi connectivity index (χ3n) is 4.68. The van der Waals surface area contributed by atoms with Crippen LogP contribution in [0.25, 0.3) is 0 Å². The van der Waals surface area contributed by atoms with E-state index in [0.29, 0.717) is 13.0 Å². The maximum Gasteiger partial charge on any atom is 0.404 e. The number of nitrogens with one attached hydrogen (secondary N) is 1. The fraction of sp³-hybridized carbons (Fsp3) is 0.350. The quantitative estimate of drug-likeness (QED) is 0.722. The Morgan fingerprint density at radius 1 is 1.20 bits per heavy atom. The minimum Gasteiger partial charge on any atom is -0.443 e. The van der Waals surface area contributed by atoms with E-state index in [1.165, 1.54) is 11.1 Å². The van der Waals surface area contributed by atoms with Crippen molar-refractivity contribution in [1.29, 1.82) is 0 Å². The molecule has 1 amide bonds. The van der Waals surface area contributed by atoms with Crippen molar-refractivity contribution in [2.75, 3.05) is 6.54 Å². The van der Waals surface area contributed by atoms with Gasteiger partial charge in [0.1, 0.15) is 12.2 Å². The number of amides is 1. The van der Waals surface area contributed by atoms with E-state index >= 15 is 0 Å². The van der Waals surface area contributed by atoms with E-state index in [2.05, 4.69) is 17.4 Å². The minimum absolute atomic E-state index is 0.219. The van der Waals surface area contributed by atoms with Gasteiger partial charge >= 0.3 is 6.09 Å². The summed E-state index contributed by atoms with van der Waals surface area (Å²) in [5.74, 6) is 0. The van der Waals surface area contributed by atoms with Gasteiger partial charge < -0.3 is 20.9 Å². The zero-order valence-corrected chi connectivity index (χ0v) is 14.1. The SMILES string of the molecule is NC(=O)O[C@@H](Cc1ccccc1)[C@H](O)CN[C@H]1CCc2ccccc21. The second-order valence-corrected chi connectivity index (χ2v) is 6.43. The number of hydrogen-bond acceptors (Lipinski definition) is 4. The molecule has 25 heavy (non-hydrogen) atoms. The number of ether oxygens (including phenoxy) is 1. The molecule has 3 atom stereocenters. The first-order chi connectivity index (χ1) is 12.1. The Bertz CT molecular complexity index is 705. The molecule has 0 aromatic heterocycles. The number of aliphatic hydroxyl groups is 1. The van der Waals surface area contributed by atoms with Crippen LogP contribution >= 0.6 is 0 Å². The highest BCUT2D eigenvalue weighted by atomic mass is 16.6. The molecule has 0 heterocycles. The number of nitrogens with two attached hydrogens (primary N) is 1. The lowest BCUT2D eigenvalue weighted by molar-refractivity contribution is 0.00618. The summed E-state index contributed by atoms with van der Waals surface area (Å²) < 4.78 is 5.15. The van der Waals surface area contributed by atoms with Gasteiger partial charge in [-0.1, -0.05) is 54.6 Å². The molecule has 0 bridgehead atoms. The number of primary amides is 1. The van der Waals surface area contributed by atoms with Crippen LogP contribution in [-0.4, -0.2) is 30.0 Å². The lowest BCUT2D eigenvalue weighted by Crippen LogP contribution is -2.42. The number of carbonyl (C=O) groups is 1. The highest BCUT2D eigenvalue weighted by molar-refractivity contribution is 5.64. The summed E-state index contributed by atoms with van der Waals surface area (Å²) in [6, 6.07) is 18.2. The van der Waals surface area contributed by atoms with Gasteiger partial charge in [-0.05, 0) is 29.5 Å². The van der Waals surface area contributed by atoms with E-state index in [-0.39, 0.29) is 6.04 Å². The van der Waals surface area contributed by atoms with E-state index in [4.69, 9.17) is 10.5 Å². The molecule has 0 spiro atoms. The molecule has 4 N–H and O–H groups in total. The van der Waals surface area contributed by atoms with E-state index < -0.39 is 18.3 Å². The molecule has 3 rings (SSSR count). The standard InChI is InChI=1S/C20H24N2O3/c21-20(24)25-19(12-14-6-2-1-3-7-14)18(23)13-22-17-11-10-15-8-4-5-9-16(15)17/h1-9,17-19,22-23H,10-13H2,(H2,21,24)/t17-,18+,19-/m0/s1. The molecule has 0 saturated carbocycles. The average molecular weight is 340 g/mol. The summed E-state index contributed by atoms with van der Waals surface area (Å²) in [5, 5.41) is 13.9. The van der Waals surface area contributed by atoms with Gasteiger partial charge in [-0.15, -0.1) is 0 Å². The molecule has 2 aromatic rings. The summed E-state index contributed by atoms with van der Waals surface area (Å²) in [6.07, 6.45) is 0.0884. The maximum absolute atomic E-state index is 11.2. The first-order valence-electron chi connectivity index (χ1n) is 8.62. The Morgan fingerprint density at radius 2 is 1.92 bits per heavy atom. The van der Waals surface area contributed by atoms with Crippen LogP contribution in [0.15, 0.2) is 54.6 Å². The van der Waals surface area contributed by atoms with Gasteiger partial charge in [-0.2, -0.15) is 0 Å². The van der Waals surface area contributed by atoms with Gasteiger partial charge in [0, 0.05) is 19.0 Å². The molecule has 0 aliphatic heterocycles. The van der Waals surface area contributed by atoms with Crippen LogP contribution in [0, 0.1) is 0 Å². The number of carbonyl (C=O) groups excluding carboxylic acids is 1. The average Bonchev–Trinajstić information content (AvgIpc) is 3.03. The van der Waals surface area contributed by atoms with Crippen LogP contribution in [0.2, 0.25) is 0 Å². The molecule has 5 nitrogen and oxygen atoms in total. The fourth-order valence-corrected chi connectivity index (χ4v) is 3.42. The lowest BCUT2D eigenvalue weighted by atomic mass is 10.0. The number of aryl methyl sites for hydroxylation is 1. The van der Waals surface area contributed by atoms with E-state index in [1.807, 2.05) is 42.5 Å². The zero-order valence-electron chi connectivity index (χ0n) is 14.1. The van der Waals surface area contributed by atoms with Crippen molar-refractivity contribution in [2.24, 2.45) is 5.73 Å².